The van der Waals surface area contributed by atoms with Crippen molar-refractivity contribution >= 4 is 6.08 Å². The van der Waals surface area contributed by atoms with E-state index in [9.17, 15) is 10.2 Å². The molecule has 3 heteroatoms. The molecule has 0 aliphatic rings. The van der Waals surface area contributed by atoms with Crippen molar-refractivity contribution in [2.45, 2.75) is 13.1 Å². The van der Waals surface area contributed by atoms with E-state index >= 15 is 0 Å². The molecule has 0 radical (unpaired) electrons. The quantitative estimate of drug-likeness (QED) is 0.720. The van der Waals surface area contributed by atoms with E-state index in [1.165, 1.54) is 6.07 Å². The summed E-state index contributed by atoms with van der Waals surface area (Å²) >= 11 is 0. The molecule has 2 rings (SSSR count). The largest absolute Gasteiger partial charge is 0.504 e. The molecule has 0 spiro atoms. The highest BCUT2D eigenvalue weighted by molar-refractivity contribution is 5.47. The van der Waals surface area contributed by atoms with E-state index in [2.05, 4.69) is 11.9 Å². The molecule has 2 aromatic carbocycles. The molecule has 0 atom stereocenters. The Morgan fingerprint density at radius 1 is 1.00 bits per heavy atom. The monoisotopic (exact) mass is 255 g/mol. The number of hydrogen-bond donors (Lipinski definition) is 3. The van der Waals surface area contributed by atoms with Gasteiger partial charge in [-0.05, 0) is 17.2 Å². The first-order valence-electron chi connectivity index (χ1n) is 6.12. The lowest BCUT2D eigenvalue weighted by Gasteiger charge is -2.08. The molecule has 0 amide bonds. The van der Waals surface area contributed by atoms with Gasteiger partial charge in [-0.25, -0.2) is 0 Å². The Labute approximate surface area is 112 Å². The van der Waals surface area contributed by atoms with E-state index in [0.717, 1.165) is 11.1 Å². The Balaban J connectivity index is 1.92. The van der Waals surface area contributed by atoms with Gasteiger partial charge in [0.2, 0.25) is 0 Å². The summed E-state index contributed by atoms with van der Waals surface area (Å²) in [4.78, 5) is 0. The highest BCUT2D eigenvalue weighted by atomic mass is 16.3. The Hall–Kier alpha value is -2.26. The minimum atomic E-state index is -0.0883. The summed E-state index contributed by atoms with van der Waals surface area (Å²) in [6, 6.07) is 13.0. The summed E-state index contributed by atoms with van der Waals surface area (Å²) in [5.41, 5.74) is 2.93. The fraction of sp³-hybridized carbons (Fsp3) is 0.125. The predicted octanol–water partition coefficient (Wildman–Crippen LogP) is 3.03. The molecule has 0 bridgehead atoms. The van der Waals surface area contributed by atoms with Gasteiger partial charge in [0.05, 0.1) is 0 Å². The third-order valence-electron chi connectivity index (χ3n) is 2.96. The van der Waals surface area contributed by atoms with Crippen LogP contribution < -0.4 is 5.32 Å². The van der Waals surface area contributed by atoms with Crippen molar-refractivity contribution in [3.63, 3.8) is 0 Å². The Bertz CT molecular complexity index is 561. The first-order valence-corrected chi connectivity index (χ1v) is 6.12. The summed E-state index contributed by atoms with van der Waals surface area (Å²) in [7, 11) is 0. The Morgan fingerprint density at radius 3 is 2.42 bits per heavy atom. The highest BCUT2D eigenvalue weighted by Crippen LogP contribution is 2.27. The zero-order valence-corrected chi connectivity index (χ0v) is 10.6. The number of benzene rings is 2. The third kappa shape index (κ3) is 3.36. The van der Waals surface area contributed by atoms with Crippen molar-refractivity contribution < 1.29 is 10.2 Å². The average molecular weight is 255 g/mol. The zero-order chi connectivity index (χ0) is 13.7. The van der Waals surface area contributed by atoms with Crippen LogP contribution in [0.2, 0.25) is 0 Å². The number of rotatable bonds is 5. The van der Waals surface area contributed by atoms with Crippen molar-refractivity contribution in [2.24, 2.45) is 0 Å². The third-order valence-corrected chi connectivity index (χ3v) is 2.96. The summed E-state index contributed by atoms with van der Waals surface area (Å²) in [6.45, 7) is 4.92. The van der Waals surface area contributed by atoms with Crippen LogP contribution in [0, 0.1) is 0 Å². The molecule has 0 unspecified atom stereocenters. The molecule has 98 valence electrons. The number of para-hydroxylation sites is 1. The molecule has 0 fully saturated rings. The van der Waals surface area contributed by atoms with Crippen molar-refractivity contribution in [3.05, 3.63) is 65.7 Å². The molecule has 3 nitrogen and oxygen atoms in total. The van der Waals surface area contributed by atoms with Crippen LogP contribution in [0.5, 0.6) is 11.5 Å². The maximum atomic E-state index is 9.66. The van der Waals surface area contributed by atoms with Gasteiger partial charge in [0.25, 0.3) is 0 Å². The maximum Gasteiger partial charge on any atom is 0.161 e. The molecule has 19 heavy (non-hydrogen) atoms. The number of hydrogen-bond acceptors (Lipinski definition) is 3. The summed E-state index contributed by atoms with van der Waals surface area (Å²) in [5.74, 6) is -0.147. The fourth-order valence-electron chi connectivity index (χ4n) is 1.83. The average Bonchev–Trinajstić information content (AvgIpc) is 2.44. The molecule has 0 saturated carbocycles. The number of phenols is 2. The molecule has 0 aromatic heterocycles. The molecule has 3 N–H and O–H groups in total. The predicted molar refractivity (Wildman–Crippen MR) is 76.8 cm³/mol. The molecule has 0 saturated heterocycles. The first-order chi connectivity index (χ1) is 9.20. The van der Waals surface area contributed by atoms with Crippen LogP contribution in [0.1, 0.15) is 16.7 Å². The second kappa shape index (κ2) is 6.07. The zero-order valence-electron chi connectivity index (χ0n) is 10.6. The van der Waals surface area contributed by atoms with E-state index in [0.29, 0.717) is 18.7 Å². The first kappa shape index (κ1) is 13.2. The maximum absolute atomic E-state index is 9.66. The van der Waals surface area contributed by atoms with Crippen LogP contribution in [0.15, 0.2) is 49.0 Å². The number of phenolic OH excluding ortho intramolecular Hbond substituents is 2. The van der Waals surface area contributed by atoms with Gasteiger partial charge in [0.15, 0.2) is 11.5 Å². The molecule has 2 aromatic rings. The molecular formula is C16H17NO2. The van der Waals surface area contributed by atoms with Crippen molar-refractivity contribution in [1.82, 2.24) is 5.32 Å². The lowest BCUT2D eigenvalue weighted by Crippen LogP contribution is -2.12. The smallest absolute Gasteiger partial charge is 0.161 e. The Morgan fingerprint density at radius 2 is 1.74 bits per heavy atom. The normalized spacial score (nSPS) is 10.3. The summed E-state index contributed by atoms with van der Waals surface area (Å²) in [6.07, 6.45) is 1.81. The van der Waals surface area contributed by atoms with Gasteiger partial charge in [0, 0.05) is 18.7 Å². The lowest BCUT2D eigenvalue weighted by atomic mass is 10.1. The van der Waals surface area contributed by atoms with Gasteiger partial charge in [-0.3, -0.25) is 0 Å². The lowest BCUT2D eigenvalue weighted by molar-refractivity contribution is 0.397. The number of nitrogens with one attached hydrogen (secondary N) is 1. The molecule has 0 aliphatic heterocycles. The van der Waals surface area contributed by atoms with Crippen LogP contribution in [-0.2, 0) is 13.1 Å². The van der Waals surface area contributed by atoms with Gasteiger partial charge in [-0.15, -0.1) is 0 Å². The van der Waals surface area contributed by atoms with Crippen LogP contribution in [0.25, 0.3) is 6.08 Å². The fourth-order valence-corrected chi connectivity index (χ4v) is 1.83. The molecule has 0 heterocycles. The molecule has 0 aliphatic carbocycles. The topological polar surface area (TPSA) is 52.5 Å². The van der Waals surface area contributed by atoms with Gasteiger partial charge in [-0.2, -0.15) is 0 Å². The minimum Gasteiger partial charge on any atom is -0.504 e. The summed E-state index contributed by atoms with van der Waals surface area (Å²) in [5, 5.41) is 22.3. The van der Waals surface area contributed by atoms with E-state index in [4.69, 9.17) is 0 Å². The molecular weight excluding hydrogens is 238 g/mol. The van der Waals surface area contributed by atoms with Crippen LogP contribution in [-0.4, -0.2) is 10.2 Å². The van der Waals surface area contributed by atoms with Gasteiger partial charge >= 0.3 is 0 Å². The second-order valence-corrected chi connectivity index (χ2v) is 4.33. The van der Waals surface area contributed by atoms with E-state index in [1.807, 2.05) is 30.3 Å². The summed E-state index contributed by atoms with van der Waals surface area (Å²) < 4.78 is 0. The van der Waals surface area contributed by atoms with Crippen molar-refractivity contribution in [1.29, 1.82) is 0 Å². The van der Waals surface area contributed by atoms with Crippen LogP contribution in [0.3, 0.4) is 0 Å². The van der Waals surface area contributed by atoms with E-state index < -0.39 is 0 Å². The van der Waals surface area contributed by atoms with Crippen molar-refractivity contribution in [2.75, 3.05) is 0 Å². The standard InChI is InChI=1S/C16H17NO2/c1-2-12-6-8-13(9-7-12)10-17-11-14-4-3-5-15(18)16(14)19/h2-9,17-19H,1,10-11H2. The van der Waals surface area contributed by atoms with Gasteiger partial charge in [-0.1, -0.05) is 49.1 Å². The van der Waals surface area contributed by atoms with Crippen molar-refractivity contribution in [3.8, 4) is 11.5 Å². The second-order valence-electron chi connectivity index (χ2n) is 4.33. The van der Waals surface area contributed by atoms with Gasteiger partial charge in [0.1, 0.15) is 0 Å². The van der Waals surface area contributed by atoms with Gasteiger partial charge < -0.3 is 15.5 Å². The van der Waals surface area contributed by atoms with Crippen LogP contribution in [0.4, 0.5) is 0 Å². The highest BCUT2D eigenvalue weighted by Gasteiger charge is 2.04. The minimum absolute atomic E-state index is 0.0583. The SMILES string of the molecule is C=Cc1ccc(CNCc2cccc(O)c2O)cc1. The van der Waals surface area contributed by atoms with Crippen LogP contribution >= 0.6 is 0 Å². The number of aromatic hydroxyl groups is 2. The van der Waals surface area contributed by atoms with E-state index in [-0.39, 0.29) is 11.5 Å². The van der Waals surface area contributed by atoms with E-state index in [1.54, 1.807) is 12.1 Å². The Kier molecular flexibility index (Phi) is 4.21.